The Hall–Kier alpha value is -0.610. The zero-order valence-electron chi connectivity index (χ0n) is 11.0. The first-order valence-electron chi connectivity index (χ1n) is 6.14. The quantitative estimate of drug-likeness (QED) is 0.741. The molecule has 0 bridgehead atoms. The van der Waals surface area contributed by atoms with Crippen LogP contribution in [0.25, 0.3) is 0 Å². The molecular formula is C12H25N3O. The number of piperazine rings is 1. The van der Waals surface area contributed by atoms with E-state index in [1.54, 1.807) is 0 Å². The number of rotatable bonds is 3. The maximum absolute atomic E-state index is 11.8. The third kappa shape index (κ3) is 4.94. The fourth-order valence-electron chi connectivity index (χ4n) is 1.99. The lowest BCUT2D eigenvalue weighted by molar-refractivity contribution is -0.123. The molecule has 1 atom stereocenters. The van der Waals surface area contributed by atoms with Gasteiger partial charge in [0.15, 0.2) is 0 Å². The Kier molecular flexibility index (Phi) is 4.74. The molecule has 1 heterocycles. The molecule has 1 aliphatic rings. The maximum Gasteiger partial charge on any atom is 0.221 e. The van der Waals surface area contributed by atoms with Crippen molar-refractivity contribution in [1.82, 2.24) is 15.5 Å². The molecule has 2 N–H and O–H groups in total. The molecule has 0 aromatic carbocycles. The zero-order valence-corrected chi connectivity index (χ0v) is 11.0. The van der Waals surface area contributed by atoms with Crippen LogP contribution >= 0.6 is 0 Å². The number of nitrogens with one attached hydrogen (secondary N) is 2. The molecule has 1 fully saturated rings. The first-order valence-corrected chi connectivity index (χ1v) is 6.14. The van der Waals surface area contributed by atoms with Crippen LogP contribution < -0.4 is 10.6 Å². The van der Waals surface area contributed by atoms with E-state index < -0.39 is 0 Å². The van der Waals surface area contributed by atoms with Gasteiger partial charge >= 0.3 is 0 Å². The maximum atomic E-state index is 11.8. The van der Waals surface area contributed by atoms with Gasteiger partial charge in [0.05, 0.1) is 0 Å². The van der Waals surface area contributed by atoms with Gasteiger partial charge in [0, 0.05) is 44.2 Å². The molecule has 1 rings (SSSR count). The highest BCUT2D eigenvalue weighted by molar-refractivity contribution is 5.77. The molecule has 4 heteroatoms. The van der Waals surface area contributed by atoms with Crippen molar-refractivity contribution in [1.29, 1.82) is 0 Å². The molecule has 0 aromatic heterocycles. The lowest BCUT2D eigenvalue weighted by Gasteiger charge is -2.33. The predicted molar refractivity (Wildman–Crippen MR) is 66.4 cm³/mol. The summed E-state index contributed by atoms with van der Waals surface area (Å²) in [6.45, 7) is 12.3. The summed E-state index contributed by atoms with van der Waals surface area (Å²) >= 11 is 0. The Morgan fingerprint density at radius 2 is 1.94 bits per heavy atom. The SMILES string of the molecule is CC(CC(=O)NC(C)(C)C)N1CCNCC1. The van der Waals surface area contributed by atoms with E-state index in [-0.39, 0.29) is 11.4 Å². The van der Waals surface area contributed by atoms with E-state index in [2.05, 4.69) is 22.5 Å². The van der Waals surface area contributed by atoms with Gasteiger partial charge < -0.3 is 10.6 Å². The van der Waals surface area contributed by atoms with E-state index in [0.29, 0.717) is 12.5 Å². The molecule has 94 valence electrons. The number of hydrogen-bond donors (Lipinski definition) is 2. The molecule has 1 amide bonds. The lowest BCUT2D eigenvalue weighted by atomic mass is 10.1. The van der Waals surface area contributed by atoms with Gasteiger partial charge in [-0.1, -0.05) is 0 Å². The van der Waals surface area contributed by atoms with Crippen LogP contribution in [0.5, 0.6) is 0 Å². The van der Waals surface area contributed by atoms with Crippen molar-refractivity contribution < 1.29 is 4.79 Å². The minimum Gasteiger partial charge on any atom is -0.351 e. The van der Waals surface area contributed by atoms with Crippen LogP contribution in [0.15, 0.2) is 0 Å². The predicted octanol–water partition coefficient (Wildman–Crippen LogP) is 0.585. The summed E-state index contributed by atoms with van der Waals surface area (Å²) in [5, 5.41) is 6.33. The van der Waals surface area contributed by atoms with Crippen LogP contribution in [0.4, 0.5) is 0 Å². The number of nitrogens with zero attached hydrogens (tertiary/aromatic N) is 1. The van der Waals surface area contributed by atoms with Crippen LogP contribution in [-0.4, -0.2) is 48.6 Å². The van der Waals surface area contributed by atoms with Crippen LogP contribution in [0, 0.1) is 0 Å². The van der Waals surface area contributed by atoms with Crippen LogP contribution in [0.2, 0.25) is 0 Å². The lowest BCUT2D eigenvalue weighted by Crippen LogP contribution is -2.49. The van der Waals surface area contributed by atoms with E-state index in [0.717, 1.165) is 26.2 Å². The van der Waals surface area contributed by atoms with Gasteiger partial charge in [0.2, 0.25) is 5.91 Å². The van der Waals surface area contributed by atoms with Crippen molar-refractivity contribution in [2.45, 2.75) is 45.7 Å². The Morgan fingerprint density at radius 1 is 1.38 bits per heavy atom. The molecule has 1 unspecified atom stereocenters. The molecule has 16 heavy (non-hydrogen) atoms. The Morgan fingerprint density at radius 3 is 2.44 bits per heavy atom. The fourth-order valence-corrected chi connectivity index (χ4v) is 1.99. The summed E-state index contributed by atoms with van der Waals surface area (Å²) in [6.07, 6.45) is 0.595. The molecule has 0 aliphatic carbocycles. The summed E-state index contributed by atoms with van der Waals surface area (Å²) in [6, 6.07) is 0.337. The van der Waals surface area contributed by atoms with E-state index in [9.17, 15) is 4.79 Å². The van der Waals surface area contributed by atoms with Crippen molar-refractivity contribution in [3.05, 3.63) is 0 Å². The molecule has 0 spiro atoms. The second kappa shape index (κ2) is 5.64. The van der Waals surface area contributed by atoms with Crippen LogP contribution in [0.3, 0.4) is 0 Å². The van der Waals surface area contributed by atoms with Gasteiger partial charge in [-0.05, 0) is 27.7 Å². The summed E-state index contributed by atoms with van der Waals surface area (Å²) in [5.74, 6) is 0.151. The Balaban J connectivity index is 2.32. The molecule has 1 saturated heterocycles. The highest BCUT2D eigenvalue weighted by atomic mass is 16.1. The topological polar surface area (TPSA) is 44.4 Å². The highest BCUT2D eigenvalue weighted by Crippen LogP contribution is 2.07. The Labute approximate surface area is 98.8 Å². The third-order valence-electron chi connectivity index (χ3n) is 2.77. The Bertz CT molecular complexity index is 229. The van der Waals surface area contributed by atoms with Crippen molar-refractivity contribution in [3.8, 4) is 0 Å². The minimum absolute atomic E-state index is 0.125. The number of amides is 1. The summed E-state index contributed by atoms with van der Waals surface area (Å²) in [7, 11) is 0. The highest BCUT2D eigenvalue weighted by Gasteiger charge is 2.21. The van der Waals surface area contributed by atoms with E-state index >= 15 is 0 Å². The van der Waals surface area contributed by atoms with Gasteiger partial charge in [-0.3, -0.25) is 9.69 Å². The second-order valence-electron chi connectivity index (χ2n) is 5.64. The van der Waals surface area contributed by atoms with Crippen molar-refractivity contribution >= 4 is 5.91 Å². The van der Waals surface area contributed by atoms with Crippen molar-refractivity contribution in [2.24, 2.45) is 0 Å². The van der Waals surface area contributed by atoms with Gasteiger partial charge in [0.1, 0.15) is 0 Å². The van der Waals surface area contributed by atoms with Gasteiger partial charge in [0.25, 0.3) is 0 Å². The van der Waals surface area contributed by atoms with Crippen LogP contribution in [-0.2, 0) is 4.79 Å². The largest absolute Gasteiger partial charge is 0.351 e. The van der Waals surface area contributed by atoms with E-state index in [1.807, 2.05) is 20.8 Å². The number of hydrogen-bond acceptors (Lipinski definition) is 3. The molecule has 0 saturated carbocycles. The molecule has 1 aliphatic heterocycles. The average Bonchev–Trinajstić information content (AvgIpc) is 2.16. The number of carbonyl (C=O) groups is 1. The van der Waals surface area contributed by atoms with Crippen molar-refractivity contribution in [2.75, 3.05) is 26.2 Å². The summed E-state index contributed by atoms with van der Waals surface area (Å²) in [4.78, 5) is 14.1. The second-order valence-corrected chi connectivity index (χ2v) is 5.64. The molecular weight excluding hydrogens is 202 g/mol. The summed E-state index contributed by atoms with van der Waals surface area (Å²) < 4.78 is 0. The fraction of sp³-hybridized carbons (Fsp3) is 0.917. The molecule has 0 radical (unpaired) electrons. The average molecular weight is 227 g/mol. The first kappa shape index (κ1) is 13.5. The van der Waals surface area contributed by atoms with Gasteiger partial charge in [-0.2, -0.15) is 0 Å². The summed E-state index contributed by atoms with van der Waals surface area (Å²) in [5.41, 5.74) is -0.125. The third-order valence-corrected chi connectivity index (χ3v) is 2.77. The van der Waals surface area contributed by atoms with E-state index in [4.69, 9.17) is 0 Å². The minimum atomic E-state index is -0.125. The van der Waals surface area contributed by atoms with Gasteiger partial charge in [-0.15, -0.1) is 0 Å². The monoisotopic (exact) mass is 227 g/mol. The molecule has 0 aromatic rings. The smallest absolute Gasteiger partial charge is 0.221 e. The normalized spacial score (nSPS) is 20.5. The number of carbonyl (C=O) groups excluding carboxylic acids is 1. The van der Waals surface area contributed by atoms with Crippen molar-refractivity contribution in [3.63, 3.8) is 0 Å². The molecule has 4 nitrogen and oxygen atoms in total. The van der Waals surface area contributed by atoms with Gasteiger partial charge in [-0.25, -0.2) is 0 Å². The zero-order chi connectivity index (χ0) is 12.2. The van der Waals surface area contributed by atoms with Crippen LogP contribution in [0.1, 0.15) is 34.1 Å². The van der Waals surface area contributed by atoms with E-state index in [1.165, 1.54) is 0 Å². The standard InChI is InChI=1S/C12H25N3O/c1-10(15-7-5-13-6-8-15)9-11(16)14-12(2,3)4/h10,13H,5-9H2,1-4H3,(H,14,16). The first-order chi connectivity index (χ1) is 7.38.